The first-order chi connectivity index (χ1) is 11.4. The molecule has 0 bridgehead atoms. The number of sulfone groups is 1. The number of benzene rings is 1. The van der Waals surface area contributed by atoms with Crippen molar-refractivity contribution in [1.29, 1.82) is 5.26 Å². The third-order valence-electron chi connectivity index (χ3n) is 4.29. The minimum absolute atomic E-state index is 0.0888. The number of nitrogens with zero attached hydrogens (tertiary/aromatic N) is 1. The Balaban J connectivity index is 2.25. The molecule has 3 atom stereocenters. The van der Waals surface area contributed by atoms with Gasteiger partial charge >= 0.3 is 0 Å². The van der Waals surface area contributed by atoms with Crippen molar-refractivity contribution < 1.29 is 17.9 Å². The van der Waals surface area contributed by atoms with E-state index in [0.717, 1.165) is 0 Å². The summed E-state index contributed by atoms with van der Waals surface area (Å²) in [4.78, 5) is 12.3. The maximum Gasteiger partial charge on any atom is 0.224 e. The Morgan fingerprint density at radius 2 is 2.12 bits per heavy atom. The molecule has 1 amide bonds. The molecule has 1 aromatic rings. The number of nitriles is 1. The molecule has 1 aliphatic rings. The van der Waals surface area contributed by atoms with Crippen LogP contribution in [0.3, 0.4) is 0 Å². The molecule has 1 aliphatic carbocycles. The van der Waals surface area contributed by atoms with Gasteiger partial charge in [-0.1, -0.05) is 23.7 Å². The topological polar surface area (TPSA) is 96.3 Å². The molecule has 0 saturated heterocycles. The fraction of sp³-hybridized carbons (Fsp3) is 0.500. The fourth-order valence-corrected chi connectivity index (χ4v) is 5.55. The van der Waals surface area contributed by atoms with E-state index in [1.165, 1.54) is 19.2 Å². The molecular weight excluding hydrogens is 352 g/mol. The van der Waals surface area contributed by atoms with E-state index < -0.39 is 21.0 Å². The van der Waals surface area contributed by atoms with Crippen molar-refractivity contribution in [3.8, 4) is 6.07 Å². The lowest BCUT2D eigenvalue weighted by molar-refractivity contribution is -0.126. The Bertz CT molecular complexity index is 745. The minimum atomic E-state index is -3.64. The van der Waals surface area contributed by atoms with Crippen molar-refractivity contribution in [3.63, 3.8) is 0 Å². The summed E-state index contributed by atoms with van der Waals surface area (Å²) < 4.78 is 30.9. The lowest BCUT2D eigenvalue weighted by Gasteiger charge is -2.16. The highest BCUT2D eigenvalue weighted by Crippen LogP contribution is 2.39. The van der Waals surface area contributed by atoms with Gasteiger partial charge in [0.05, 0.1) is 21.2 Å². The summed E-state index contributed by atoms with van der Waals surface area (Å²) in [5.74, 6) is -1.02. The molecule has 8 heteroatoms. The van der Waals surface area contributed by atoms with E-state index in [2.05, 4.69) is 5.32 Å². The fourth-order valence-electron chi connectivity index (χ4n) is 3.16. The zero-order chi connectivity index (χ0) is 17.7. The normalized spacial score (nSPS) is 23.6. The number of nitrogens with one attached hydrogen (secondary N) is 1. The van der Waals surface area contributed by atoms with Crippen LogP contribution in [0, 0.1) is 23.2 Å². The maximum atomic E-state index is 12.9. The van der Waals surface area contributed by atoms with Gasteiger partial charge in [0.25, 0.3) is 0 Å². The van der Waals surface area contributed by atoms with Crippen molar-refractivity contribution in [2.45, 2.75) is 23.0 Å². The number of hydrogen-bond acceptors (Lipinski definition) is 5. The van der Waals surface area contributed by atoms with Gasteiger partial charge in [-0.3, -0.25) is 4.79 Å². The highest BCUT2D eigenvalue weighted by Gasteiger charge is 2.44. The van der Waals surface area contributed by atoms with Crippen molar-refractivity contribution in [1.82, 2.24) is 5.32 Å². The van der Waals surface area contributed by atoms with Crippen LogP contribution in [0.2, 0.25) is 5.02 Å². The summed E-state index contributed by atoms with van der Waals surface area (Å²) >= 11 is 6.03. The van der Waals surface area contributed by atoms with E-state index in [9.17, 15) is 13.2 Å². The van der Waals surface area contributed by atoms with Gasteiger partial charge in [-0.2, -0.15) is 5.26 Å². The maximum absolute atomic E-state index is 12.9. The van der Waals surface area contributed by atoms with Gasteiger partial charge in [-0.25, -0.2) is 8.42 Å². The molecule has 0 spiro atoms. The number of carbonyl (C=O) groups excluding carboxylic acids is 1. The van der Waals surface area contributed by atoms with Crippen molar-refractivity contribution in [2.75, 3.05) is 20.3 Å². The van der Waals surface area contributed by atoms with Crippen molar-refractivity contribution in [3.05, 3.63) is 29.3 Å². The largest absolute Gasteiger partial charge is 0.384 e. The molecule has 1 fully saturated rings. The second kappa shape index (κ2) is 7.97. The number of amides is 1. The Morgan fingerprint density at radius 3 is 2.75 bits per heavy atom. The van der Waals surface area contributed by atoms with Gasteiger partial charge in [0.2, 0.25) is 5.91 Å². The highest BCUT2D eigenvalue weighted by molar-refractivity contribution is 7.92. The quantitative estimate of drug-likeness (QED) is 0.770. The smallest absolute Gasteiger partial charge is 0.224 e. The molecule has 2 rings (SSSR count). The van der Waals surface area contributed by atoms with E-state index in [1.54, 1.807) is 12.1 Å². The summed E-state index contributed by atoms with van der Waals surface area (Å²) in [5, 5.41) is 10.6. The third kappa shape index (κ3) is 3.89. The third-order valence-corrected chi connectivity index (χ3v) is 6.97. The number of carbonyl (C=O) groups is 1. The molecule has 0 heterocycles. The van der Waals surface area contributed by atoms with E-state index in [1.807, 2.05) is 6.07 Å². The number of hydrogen-bond donors (Lipinski definition) is 1. The van der Waals surface area contributed by atoms with Gasteiger partial charge in [0.1, 0.15) is 6.54 Å². The molecule has 24 heavy (non-hydrogen) atoms. The summed E-state index contributed by atoms with van der Waals surface area (Å²) in [6.45, 7) is 0.191. The van der Waals surface area contributed by atoms with E-state index in [4.69, 9.17) is 21.6 Å². The van der Waals surface area contributed by atoms with Crippen LogP contribution in [-0.4, -0.2) is 39.8 Å². The van der Waals surface area contributed by atoms with Crippen molar-refractivity contribution in [2.24, 2.45) is 11.8 Å². The number of rotatable bonds is 6. The molecular formula is C16H19ClN2O4S. The van der Waals surface area contributed by atoms with Crippen LogP contribution < -0.4 is 5.32 Å². The standard InChI is InChI=1S/C16H19ClN2O4S/c1-23-10-11-8-12(9-13(11)16(20)19-7-6-18)24(21,22)15-5-3-2-4-14(15)17/h2-5,11-13H,7-10H2,1H3,(H,19,20). The highest BCUT2D eigenvalue weighted by atomic mass is 35.5. The number of methoxy groups -OCH3 is 1. The van der Waals surface area contributed by atoms with E-state index in [-0.39, 0.29) is 34.7 Å². The molecule has 1 aromatic carbocycles. The van der Waals surface area contributed by atoms with Gasteiger partial charge in [0.15, 0.2) is 9.84 Å². The predicted octanol–water partition coefficient (Wildman–Crippen LogP) is 1.79. The summed E-state index contributed by atoms with van der Waals surface area (Å²) in [5.41, 5.74) is 0. The monoisotopic (exact) mass is 370 g/mol. The molecule has 1 N–H and O–H groups in total. The minimum Gasteiger partial charge on any atom is -0.384 e. The summed E-state index contributed by atoms with van der Waals surface area (Å²) in [6.07, 6.45) is 0.519. The first kappa shape index (κ1) is 18.7. The molecule has 0 radical (unpaired) electrons. The van der Waals surface area contributed by atoms with E-state index >= 15 is 0 Å². The Labute approximate surface area is 146 Å². The first-order valence-corrected chi connectivity index (χ1v) is 9.46. The number of ether oxygens (including phenoxy) is 1. The lowest BCUT2D eigenvalue weighted by Crippen LogP contribution is -2.34. The van der Waals surface area contributed by atoms with Crippen LogP contribution in [0.5, 0.6) is 0 Å². The van der Waals surface area contributed by atoms with Gasteiger partial charge in [-0.05, 0) is 30.9 Å². The number of halogens is 1. The second-order valence-corrected chi connectivity index (χ2v) is 8.37. The van der Waals surface area contributed by atoms with Crippen LogP contribution in [-0.2, 0) is 19.4 Å². The summed E-state index contributed by atoms with van der Waals surface area (Å²) in [7, 11) is -2.13. The Hall–Kier alpha value is -1.62. The predicted molar refractivity (Wildman–Crippen MR) is 89.1 cm³/mol. The molecule has 6 nitrogen and oxygen atoms in total. The average molecular weight is 371 g/mol. The zero-order valence-corrected chi connectivity index (χ0v) is 14.8. The molecule has 3 unspecified atom stereocenters. The first-order valence-electron chi connectivity index (χ1n) is 7.53. The van der Waals surface area contributed by atoms with Gasteiger partial charge in [-0.15, -0.1) is 0 Å². The zero-order valence-electron chi connectivity index (χ0n) is 13.2. The van der Waals surface area contributed by atoms with Crippen molar-refractivity contribution >= 4 is 27.3 Å². The van der Waals surface area contributed by atoms with Gasteiger partial charge < -0.3 is 10.1 Å². The average Bonchev–Trinajstić information content (AvgIpc) is 2.98. The SMILES string of the molecule is COCC1CC(S(=O)(=O)c2ccccc2Cl)CC1C(=O)NCC#N. The second-order valence-electron chi connectivity index (χ2n) is 5.77. The van der Waals surface area contributed by atoms with Gasteiger partial charge in [0, 0.05) is 19.6 Å². The molecule has 0 aromatic heterocycles. The lowest BCUT2D eigenvalue weighted by atomic mass is 9.96. The van der Waals surface area contributed by atoms with Crippen LogP contribution in [0.25, 0.3) is 0 Å². The van der Waals surface area contributed by atoms with E-state index in [0.29, 0.717) is 13.0 Å². The van der Waals surface area contributed by atoms with Crippen LogP contribution in [0.1, 0.15) is 12.8 Å². The van der Waals surface area contributed by atoms with Crippen LogP contribution in [0.15, 0.2) is 29.2 Å². The summed E-state index contributed by atoms with van der Waals surface area (Å²) in [6, 6.07) is 8.15. The van der Waals surface area contributed by atoms with Crippen LogP contribution >= 0.6 is 11.6 Å². The molecule has 0 aliphatic heterocycles. The Morgan fingerprint density at radius 1 is 1.42 bits per heavy atom. The Kier molecular flexibility index (Phi) is 6.21. The van der Waals surface area contributed by atoms with Crippen LogP contribution in [0.4, 0.5) is 0 Å². The molecule has 1 saturated carbocycles. The molecule has 130 valence electrons.